The van der Waals surface area contributed by atoms with E-state index in [1.54, 1.807) is 0 Å². The molecule has 0 amide bonds. The summed E-state index contributed by atoms with van der Waals surface area (Å²) in [4.78, 5) is 2.66. The molecule has 0 unspecified atom stereocenters. The van der Waals surface area contributed by atoms with Gasteiger partial charge in [-0.1, -0.05) is 6.07 Å². The number of rotatable bonds is 4. The average Bonchev–Trinajstić information content (AvgIpc) is 3.01. The fraction of sp³-hybridized carbons (Fsp3) is 0.647. The van der Waals surface area contributed by atoms with Crippen molar-refractivity contribution in [1.82, 2.24) is 4.90 Å². The second-order valence-corrected chi connectivity index (χ2v) is 6.64. The van der Waals surface area contributed by atoms with Crippen LogP contribution in [-0.4, -0.2) is 37.7 Å². The second kappa shape index (κ2) is 4.96. The molecule has 0 atom stereocenters. The lowest BCUT2D eigenvalue weighted by molar-refractivity contribution is 0.171. The zero-order chi connectivity index (χ0) is 13.4. The summed E-state index contributed by atoms with van der Waals surface area (Å²) in [6.07, 6.45) is 6.75. The van der Waals surface area contributed by atoms with Crippen LogP contribution in [0.15, 0.2) is 18.2 Å². The number of fused-ring (bicyclic) bond motifs is 1. The Morgan fingerprint density at radius 1 is 1.00 bits per heavy atom. The Balaban J connectivity index is 1.45. The van der Waals surface area contributed by atoms with Gasteiger partial charge in [0.25, 0.3) is 0 Å². The molecule has 0 radical (unpaired) electrons. The van der Waals surface area contributed by atoms with Crippen molar-refractivity contribution in [3.63, 3.8) is 0 Å². The van der Waals surface area contributed by atoms with Gasteiger partial charge in [0.2, 0.25) is 0 Å². The van der Waals surface area contributed by atoms with Crippen LogP contribution >= 0.6 is 0 Å². The third-order valence-corrected chi connectivity index (χ3v) is 4.90. The molecular formula is C17H23NO2. The molecule has 0 aromatic heterocycles. The van der Waals surface area contributed by atoms with E-state index in [1.165, 1.54) is 57.3 Å². The third-order valence-electron chi connectivity index (χ3n) is 4.90. The first-order valence-electron chi connectivity index (χ1n) is 7.94. The molecule has 1 saturated heterocycles. The van der Waals surface area contributed by atoms with E-state index in [9.17, 15) is 0 Å². The minimum absolute atomic E-state index is 0.550. The number of nitrogens with zero attached hydrogens (tertiary/aromatic N) is 1. The molecule has 3 heteroatoms. The summed E-state index contributed by atoms with van der Waals surface area (Å²) in [5.41, 5.74) is 1.96. The van der Waals surface area contributed by atoms with Crippen molar-refractivity contribution in [3.05, 3.63) is 23.8 Å². The Labute approximate surface area is 120 Å². The Morgan fingerprint density at radius 3 is 2.50 bits per heavy atom. The Hall–Kier alpha value is -1.22. The Bertz CT molecular complexity index is 490. The molecule has 2 heterocycles. The summed E-state index contributed by atoms with van der Waals surface area (Å²) in [5, 5.41) is 0. The summed E-state index contributed by atoms with van der Waals surface area (Å²) in [5.74, 6) is 1.84. The van der Waals surface area contributed by atoms with E-state index in [1.807, 2.05) is 0 Å². The van der Waals surface area contributed by atoms with Crippen molar-refractivity contribution in [1.29, 1.82) is 0 Å². The molecular weight excluding hydrogens is 250 g/mol. The van der Waals surface area contributed by atoms with Gasteiger partial charge in [-0.25, -0.2) is 0 Å². The van der Waals surface area contributed by atoms with Gasteiger partial charge >= 0.3 is 0 Å². The van der Waals surface area contributed by atoms with Crippen LogP contribution in [0.2, 0.25) is 0 Å². The van der Waals surface area contributed by atoms with Crippen molar-refractivity contribution in [3.8, 4) is 11.5 Å². The summed E-state index contributed by atoms with van der Waals surface area (Å²) in [6.45, 7) is 5.26. The van der Waals surface area contributed by atoms with Crippen LogP contribution in [0.4, 0.5) is 0 Å². The molecule has 0 bridgehead atoms. The molecule has 2 fully saturated rings. The molecule has 2 aliphatic heterocycles. The fourth-order valence-electron chi connectivity index (χ4n) is 3.61. The maximum atomic E-state index is 5.70. The molecule has 1 saturated carbocycles. The predicted molar refractivity (Wildman–Crippen MR) is 78.5 cm³/mol. The van der Waals surface area contributed by atoms with Gasteiger partial charge in [0, 0.05) is 6.54 Å². The van der Waals surface area contributed by atoms with Crippen LogP contribution in [0.5, 0.6) is 11.5 Å². The van der Waals surface area contributed by atoms with Gasteiger partial charge in [-0.05, 0) is 68.3 Å². The van der Waals surface area contributed by atoms with Crippen LogP contribution in [0.3, 0.4) is 0 Å². The fourth-order valence-corrected chi connectivity index (χ4v) is 3.61. The molecule has 1 aromatic rings. The van der Waals surface area contributed by atoms with Gasteiger partial charge in [0.15, 0.2) is 11.5 Å². The molecule has 0 N–H and O–H groups in total. The van der Waals surface area contributed by atoms with Gasteiger partial charge in [0.05, 0.1) is 0 Å². The summed E-state index contributed by atoms with van der Waals surface area (Å²) in [6, 6.07) is 6.49. The highest BCUT2D eigenvalue weighted by molar-refractivity contribution is 5.44. The lowest BCUT2D eigenvalue weighted by Gasteiger charge is -2.24. The first kappa shape index (κ1) is 12.5. The van der Waals surface area contributed by atoms with Crippen molar-refractivity contribution in [2.75, 3.05) is 32.8 Å². The van der Waals surface area contributed by atoms with Gasteiger partial charge < -0.3 is 14.4 Å². The molecule has 20 heavy (non-hydrogen) atoms. The highest BCUT2D eigenvalue weighted by atomic mass is 16.6. The lowest BCUT2D eigenvalue weighted by atomic mass is 9.95. The standard InChI is InChI=1S/C17H23NO2/c1-2-8-18(7-1)13-17(5-6-17)12-14-3-4-15-16(11-14)20-10-9-19-15/h3-4,11H,1-2,5-10,12-13H2. The molecule has 0 spiro atoms. The van der Waals surface area contributed by atoms with Gasteiger partial charge in [-0.2, -0.15) is 0 Å². The van der Waals surface area contributed by atoms with Gasteiger partial charge in [0.1, 0.15) is 13.2 Å². The Morgan fingerprint density at radius 2 is 1.75 bits per heavy atom. The first-order chi connectivity index (χ1) is 9.83. The summed E-state index contributed by atoms with van der Waals surface area (Å²) < 4.78 is 11.3. The first-order valence-corrected chi connectivity index (χ1v) is 7.94. The quantitative estimate of drug-likeness (QED) is 0.842. The maximum absolute atomic E-state index is 5.70. The molecule has 1 aromatic carbocycles. The molecule has 3 nitrogen and oxygen atoms in total. The average molecular weight is 273 g/mol. The lowest BCUT2D eigenvalue weighted by Crippen LogP contribution is -2.29. The van der Waals surface area contributed by atoms with Crippen molar-refractivity contribution >= 4 is 0 Å². The van der Waals surface area contributed by atoms with Crippen molar-refractivity contribution in [2.24, 2.45) is 5.41 Å². The second-order valence-electron chi connectivity index (χ2n) is 6.64. The van der Waals surface area contributed by atoms with E-state index in [-0.39, 0.29) is 0 Å². The summed E-state index contributed by atoms with van der Waals surface area (Å²) >= 11 is 0. The van der Waals surface area contributed by atoms with E-state index in [0.717, 1.165) is 11.5 Å². The van der Waals surface area contributed by atoms with Gasteiger partial charge in [-0.3, -0.25) is 0 Å². The molecule has 108 valence electrons. The highest BCUT2D eigenvalue weighted by Gasteiger charge is 2.44. The SMILES string of the molecule is c1cc2c(cc1CC1(CN3CCCC3)CC1)OCCO2. The summed E-state index contributed by atoms with van der Waals surface area (Å²) in [7, 11) is 0. The van der Waals surface area contributed by atoms with Crippen LogP contribution in [0.25, 0.3) is 0 Å². The van der Waals surface area contributed by atoms with Crippen molar-refractivity contribution < 1.29 is 9.47 Å². The minimum atomic E-state index is 0.550. The molecule has 3 aliphatic rings. The minimum Gasteiger partial charge on any atom is -0.486 e. The van der Waals surface area contributed by atoms with E-state index in [0.29, 0.717) is 18.6 Å². The van der Waals surface area contributed by atoms with Crippen LogP contribution in [0.1, 0.15) is 31.2 Å². The molecule has 4 rings (SSSR count). The number of likely N-dealkylation sites (tertiary alicyclic amines) is 1. The van der Waals surface area contributed by atoms with Crippen molar-refractivity contribution in [2.45, 2.75) is 32.1 Å². The van der Waals surface area contributed by atoms with Crippen LogP contribution in [-0.2, 0) is 6.42 Å². The number of ether oxygens (including phenoxy) is 2. The van der Waals surface area contributed by atoms with E-state index >= 15 is 0 Å². The van der Waals surface area contributed by atoms with Gasteiger partial charge in [-0.15, -0.1) is 0 Å². The normalized spacial score (nSPS) is 23.8. The smallest absolute Gasteiger partial charge is 0.161 e. The zero-order valence-electron chi connectivity index (χ0n) is 12.1. The Kier molecular flexibility index (Phi) is 3.10. The number of hydrogen-bond donors (Lipinski definition) is 0. The predicted octanol–water partition coefficient (Wildman–Crippen LogP) is 2.88. The number of benzene rings is 1. The maximum Gasteiger partial charge on any atom is 0.161 e. The van der Waals surface area contributed by atoms with Crippen LogP contribution in [0, 0.1) is 5.41 Å². The van der Waals surface area contributed by atoms with E-state index in [2.05, 4.69) is 23.1 Å². The van der Waals surface area contributed by atoms with E-state index < -0.39 is 0 Å². The topological polar surface area (TPSA) is 21.7 Å². The monoisotopic (exact) mass is 273 g/mol. The third kappa shape index (κ3) is 2.51. The van der Waals surface area contributed by atoms with Crippen LogP contribution < -0.4 is 9.47 Å². The largest absolute Gasteiger partial charge is 0.486 e. The highest BCUT2D eigenvalue weighted by Crippen LogP contribution is 2.50. The van der Waals surface area contributed by atoms with E-state index in [4.69, 9.17) is 9.47 Å². The zero-order valence-corrected chi connectivity index (χ0v) is 12.1. The number of hydrogen-bond acceptors (Lipinski definition) is 3. The molecule has 1 aliphatic carbocycles.